The molecule has 2 N–H and O–H groups in total. The predicted octanol–water partition coefficient (Wildman–Crippen LogP) is 4.09. The smallest absolute Gasteiger partial charge is 0.243 e. The first kappa shape index (κ1) is 25.2. The van der Waals surface area contributed by atoms with E-state index in [4.69, 9.17) is 11.6 Å². The van der Waals surface area contributed by atoms with Gasteiger partial charge in [-0.25, -0.2) is 18.1 Å². The number of amidine groups is 1. The highest BCUT2D eigenvalue weighted by Gasteiger charge is 2.28. The summed E-state index contributed by atoms with van der Waals surface area (Å²) in [7, 11) is -1.86. The number of benzene rings is 1. The summed E-state index contributed by atoms with van der Waals surface area (Å²) in [5.74, 6) is 1.44. The van der Waals surface area contributed by atoms with Crippen LogP contribution in [0.25, 0.3) is 11.3 Å². The number of nitrogens with zero attached hydrogens (tertiary/aromatic N) is 5. The van der Waals surface area contributed by atoms with Crippen LogP contribution in [-0.2, 0) is 16.6 Å². The number of aliphatic imine (C=N–C) groups is 2. The summed E-state index contributed by atoms with van der Waals surface area (Å²) in [6.07, 6.45) is 5.19. The van der Waals surface area contributed by atoms with Crippen LogP contribution in [0.3, 0.4) is 0 Å². The Bertz CT molecular complexity index is 1300. The largest absolute Gasteiger partial charge is 0.356 e. The normalized spacial score (nSPS) is 15.5. The van der Waals surface area contributed by atoms with Gasteiger partial charge in [-0.3, -0.25) is 9.67 Å². The number of sulfonamides is 1. The highest BCUT2D eigenvalue weighted by Crippen LogP contribution is 2.30. The van der Waals surface area contributed by atoms with Gasteiger partial charge in [0, 0.05) is 49.6 Å². The molecule has 4 rings (SSSR count). The average molecular weight is 516 g/mol. The molecular weight excluding hydrogens is 486 g/mol. The quantitative estimate of drug-likeness (QED) is 0.348. The first-order valence-corrected chi connectivity index (χ1v) is 13.4. The molecule has 3 heterocycles. The van der Waals surface area contributed by atoms with Crippen molar-refractivity contribution in [1.82, 2.24) is 24.4 Å². The van der Waals surface area contributed by atoms with Gasteiger partial charge in [0.1, 0.15) is 16.5 Å². The molecule has 35 heavy (non-hydrogen) atoms. The molecule has 186 valence electrons. The molecule has 0 saturated carbocycles. The zero-order chi connectivity index (χ0) is 25.0. The second-order valence-corrected chi connectivity index (χ2v) is 10.6. The van der Waals surface area contributed by atoms with E-state index in [1.165, 1.54) is 6.20 Å². The van der Waals surface area contributed by atoms with E-state index in [0.29, 0.717) is 43.3 Å². The number of aryl methyl sites for hydroxylation is 1. The first-order chi connectivity index (χ1) is 16.8. The first-order valence-electron chi connectivity index (χ1n) is 11.6. The fraction of sp³-hybridized carbons (Fsp3) is 0.375. The van der Waals surface area contributed by atoms with Crippen LogP contribution in [0.5, 0.6) is 0 Å². The van der Waals surface area contributed by atoms with Crippen molar-refractivity contribution in [2.45, 2.75) is 43.7 Å². The van der Waals surface area contributed by atoms with Crippen molar-refractivity contribution in [3.8, 4) is 11.3 Å². The summed E-state index contributed by atoms with van der Waals surface area (Å²) in [5.41, 5.74) is 2.73. The van der Waals surface area contributed by atoms with E-state index >= 15 is 0 Å². The van der Waals surface area contributed by atoms with Crippen molar-refractivity contribution in [1.29, 1.82) is 0 Å². The highest BCUT2D eigenvalue weighted by atomic mass is 35.5. The molecule has 0 spiro atoms. The summed E-state index contributed by atoms with van der Waals surface area (Å²) in [4.78, 5) is 14.4. The fourth-order valence-electron chi connectivity index (χ4n) is 4.29. The second-order valence-electron chi connectivity index (χ2n) is 8.48. The van der Waals surface area contributed by atoms with Crippen LogP contribution >= 0.6 is 11.6 Å². The minimum atomic E-state index is -3.61. The van der Waals surface area contributed by atoms with E-state index in [1.807, 2.05) is 37.3 Å². The number of halogens is 1. The van der Waals surface area contributed by atoms with Crippen LogP contribution < -0.4 is 4.72 Å². The Kier molecular flexibility index (Phi) is 7.73. The fourth-order valence-corrected chi connectivity index (χ4v) is 5.67. The van der Waals surface area contributed by atoms with E-state index in [2.05, 4.69) is 36.4 Å². The zero-order valence-corrected chi connectivity index (χ0v) is 21.5. The lowest BCUT2D eigenvalue weighted by molar-refractivity contribution is 0.302. The van der Waals surface area contributed by atoms with Crippen molar-refractivity contribution in [2.24, 2.45) is 9.98 Å². The van der Waals surface area contributed by atoms with Gasteiger partial charge in [0.05, 0.1) is 11.8 Å². The Morgan fingerprint density at radius 1 is 1.29 bits per heavy atom. The van der Waals surface area contributed by atoms with Gasteiger partial charge in [-0.15, -0.1) is 0 Å². The molecule has 0 amide bonds. The molecule has 1 saturated heterocycles. The molecule has 0 radical (unpaired) electrons. The van der Waals surface area contributed by atoms with Crippen molar-refractivity contribution < 1.29 is 8.42 Å². The van der Waals surface area contributed by atoms with Crippen LogP contribution in [0.2, 0.25) is 5.02 Å². The molecule has 1 aliphatic heterocycles. The van der Waals surface area contributed by atoms with E-state index in [-0.39, 0.29) is 10.9 Å². The Morgan fingerprint density at radius 2 is 2.00 bits per heavy atom. The summed E-state index contributed by atoms with van der Waals surface area (Å²) >= 11 is 6.03. The minimum Gasteiger partial charge on any atom is -0.356 e. The maximum atomic E-state index is 12.8. The van der Waals surface area contributed by atoms with Crippen molar-refractivity contribution in [3.05, 3.63) is 53.3 Å². The number of aromatic nitrogens is 3. The summed E-state index contributed by atoms with van der Waals surface area (Å²) in [6, 6.07) is 9.42. The predicted molar refractivity (Wildman–Crippen MR) is 140 cm³/mol. The lowest BCUT2D eigenvalue weighted by atomic mass is 10.0. The molecule has 9 nitrogen and oxygen atoms in total. The monoisotopic (exact) mass is 515 g/mol. The summed E-state index contributed by atoms with van der Waals surface area (Å²) in [5, 5.41) is 4.81. The number of aromatic amines is 1. The number of hydrogen-bond acceptors (Lipinski definition) is 5. The van der Waals surface area contributed by atoms with Crippen LogP contribution in [-0.4, -0.2) is 66.8 Å². The van der Waals surface area contributed by atoms with Crippen LogP contribution in [0.15, 0.2) is 57.6 Å². The second kappa shape index (κ2) is 10.8. The highest BCUT2D eigenvalue weighted by molar-refractivity contribution is 7.89. The molecule has 1 fully saturated rings. The Morgan fingerprint density at radius 3 is 2.63 bits per heavy atom. The lowest BCUT2D eigenvalue weighted by Gasteiger charge is -2.34. The van der Waals surface area contributed by atoms with Gasteiger partial charge >= 0.3 is 0 Å². The van der Waals surface area contributed by atoms with Gasteiger partial charge in [-0.2, -0.15) is 5.10 Å². The van der Waals surface area contributed by atoms with Gasteiger partial charge in [0.25, 0.3) is 0 Å². The molecule has 3 aromatic rings. The van der Waals surface area contributed by atoms with Gasteiger partial charge < -0.3 is 9.88 Å². The molecule has 1 aromatic carbocycles. The van der Waals surface area contributed by atoms with Crippen LogP contribution in [0.4, 0.5) is 5.82 Å². The lowest BCUT2D eigenvalue weighted by Crippen LogP contribution is -2.46. The molecule has 0 atom stereocenters. The topological polar surface area (TPSA) is 108 Å². The molecular formula is C24H30ClN7O2S. The Labute approximate surface area is 211 Å². The van der Waals surface area contributed by atoms with Crippen LogP contribution in [0.1, 0.15) is 31.7 Å². The molecule has 2 aromatic heterocycles. The molecule has 0 bridgehead atoms. The van der Waals surface area contributed by atoms with Crippen molar-refractivity contribution in [2.75, 3.05) is 20.1 Å². The number of hydrogen-bond donors (Lipinski definition) is 2. The maximum Gasteiger partial charge on any atom is 0.243 e. The third kappa shape index (κ3) is 5.66. The Hall–Kier alpha value is -2.95. The number of rotatable bonds is 8. The molecule has 0 unspecified atom stereocenters. The Balaban J connectivity index is 1.44. The van der Waals surface area contributed by atoms with E-state index in [9.17, 15) is 8.42 Å². The van der Waals surface area contributed by atoms with Crippen LogP contribution in [0, 0.1) is 0 Å². The minimum absolute atomic E-state index is 0.156. The summed E-state index contributed by atoms with van der Waals surface area (Å²) in [6.45, 7) is 7.74. The maximum absolute atomic E-state index is 12.8. The molecule has 0 aliphatic carbocycles. The summed E-state index contributed by atoms with van der Waals surface area (Å²) < 4.78 is 30.1. The number of H-pyrrole nitrogens is 1. The van der Waals surface area contributed by atoms with Crippen molar-refractivity contribution >= 4 is 40.0 Å². The van der Waals surface area contributed by atoms with Gasteiger partial charge in [-0.05, 0) is 49.7 Å². The number of nitrogens with one attached hydrogen (secondary N) is 2. The third-order valence-electron chi connectivity index (χ3n) is 6.05. The van der Waals surface area contributed by atoms with Gasteiger partial charge in [-0.1, -0.05) is 30.7 Å². The SMILES string of the molecule is C=Nc1[nH]c(-c2ccc(Cl)cc2)cc1/C(=N\C)N1CCC(NS(=O)(=O)c2cnn(CCC)c2)CC1. The van der Waals surface area contributed by atoms with Crippen molar-refractivity contribution in [3.63, 3.8) is 0 Å². The third-order valence-corrected chi connectivity index (χ3v) is 7.78. The van der Waals surface area contributed by atoms with E-state index in [0.717, 1.165) is 29.1 Å². The van der Waals surface area contributed by atoms with E-state index < -0.39 is 10.0 Å². The number of likely N-dealkylation sites (tertiary alicyclic amines) is 1. The van der Waals surface area contributed by atoms with E-state index in [1.54, 1.807) is 17.9 Å². The average Bonchev–Trinajstić information content (AvgIpc) is 3.49. The van der Waals surface area contributed by atoms with Gasteiger partial charge in [0.2, 0.25) is 10.0 Å². The van der Waals surface area contributed by atoms with Gasteiger partial charge in [0.15, 0.2) is 0 Å². The molecule has 1 aliphatic rings. The number of piperidine rings is 1. The zero-order valence-electron chi connectivity index (χ0n) is 19.9. The molecule has 11 heteroatoms. The standard InChI is InChI=1S/C24H30ClN7O2S/c1-4-11-32-16-20(15-28-32)35(33,34)30-19-9-12-31(13-10-19)24(27-3)21-14-22(29-23(21)26-2)17-5-7-18(25)8-6-17/h5-8,14-16,19,29-30H,2,4,9-13H2,1,3H3/b27-24+.